The Morgan fingerprint density at radius 3 is 2.41 bits per heavy atom. The fraction of sp³-hybridized carbons (Fsp3) is 0.471. The minimum absolute atomic E-state index is 0.117. The Morgan fingerprint density at radius 2 is 1.82 bits per heavy atom. The van der Waals surface area contributed by atoms with Crippen LogP contribution in [0.2, 0.25) is 0 Å². The number of nitrogens with zero attached hydrogens (tertiary/aromatic N) is 1. The summed E-state index contributed by atoms with van der Waals surface area (Å²) in [5.74, 6) is -0.571. The van der Waals surface area contributed by atoms with E-state index in [9.17, 15) is 14.4 Å². The van der Waals surface area contributed by atoms with Gasteiger partial charge in [-0.2, -0.15) is 0 Å². The minimum atomic E-state index is -0.343. The summed E-state index contributed by atoms with van der Waals surface area (Å²) in [5.41, 5.74) is 0.491. The molecule has 1 aliphatic carbocycles. The third kappa shape index (κ3) is 2.51. The van der Waals surface area contributed by atoms with Crippen LogP contribution in [-0.4, -0.2) is 17.8 Å². The van der Waals surface area contributed by atoms with Crippen LogP contribution in [0, 0.1) is 11.8 Å². The summed E-state index contributed by atoms with van der Waals surface area (Å²) in [6.07, 6.45) is 3.85. The van der Waals surface area contributed by atoms with Crippen molar-refractivity contribution < 1.29 is 19.1 Å². The van der Waals surface area contributed by atoms with Crippen molar-refractivity contribution in [1.82, 2.24) is 0 Å². The maximum absolute atomic E-state index is 12.5. The maximum Gasteiger partial charge on any atom is 0.310 e. The highest BCUT2D eigenvalue weighted by Crippen LogP contribution is 2.40. The molecule has 1 aliphatic heterocycles. The molecule has 5 nitrogen and oxygen atoms in total. The molecular formula is C17H19NO4. The number of rotatable bonds is 3. The number of carbonyl (C=O) groups excluding carboxylic acids is 3. The Bertz CT molecular complexity index is 601. The molecule has 2 atom stereocenters. The second kappa shape index (κ2) is 5.91. The number of hydrogen-bond donors (Lipinski definition) is 0. The van der Waals surface area contributed by atoms with Crippen molar-refractivity contribution in [2.75, 3.05) is 4.90 Å². The van der Waals surface area contributed by atoms with E-state index in [1.807, 2.05) is 0 Å². The summed E-state index contributed by atoms with van der Waals surface area (Å²) < 4.78 is 5.16. The van der Waals surface area contributed by atoms with E-state index in [-0.39, 0.29) is 36.0 Å². The van der Waals surface area contributed by atoms with E-state index < -0.39 is 0 Å². The van der Waals surface area contributed by atoms with Crippen LogP contribution in [0.25, 0.3) is 0 Å². The number of esters is 1. The lowest BCUT2D eigenvalue weighted by molar-refractivity contribution is -0.134. The monoisotopic (exact) mass is 301 g/mol. The van der Waals surface area contributed by atoms with Gasteiger partial charge in [0.25, 0.3) is 0 Å². The highest BCUT2D eigenvalue weighted by molar-refractivity contribution is 6.22. The van der Waals surface area contributed by atoms with Crippen LogP contribution in [-0.2, 0) is 14.4 Å². The van der Waals surface area contributed by atoms with Crippen molar-refractivity contribution >= 4 is 23.5 Å². The van der Waals surface area contributed by atoms with E-state index in [1.54, 1.807) is 31.2 Å². The molecule has 1 aromatic carbocycles. The van der Waals surface area contributed by atoms with Crippen molar-refractivity contribution in [3.8, 4) is 5.75 Å². The Morgan fingerprint density at radius 1 is 1.18 bits per heavy atom. The molecule has 0 unspecified atom stereocenters. The molecule has 0 N–H and O–H groups in total. The van der Waals surface area contributed by atoms with Crippen LogP contribution in [0.5, 0.6) is 5.75 Å². The zero-order valence-corrected chi connectivity index (χ0v) is 12.6. The highest BCUT2D eigenvalue weighted by atomic mass is 16.5. The number of anilines is 1. The number of ether oxygens (including phenoxy) is 1. The Labute approximate surface area is 129 Å². The number of carbonyl (C=O) groups is 3. The van der Waals surface area contributed by atoms with Gasteiger partial charge in [-0.15, -0.1) is 0 Å². The first-order valence-electron chi connectivity index (χ1n) is 7.80. The highest BCUT2D eigenvalue weighted by Gasteiger charge is 2.48. The molecule has 22 heavy (non-hydrogen) atoms. The smallest absolute Gasteiger partial charge is 0.310 e. The lowest BCUT2D eigenvalue weighted by Crippen LogP contribution is -2.30. The average Bonchev–Trinajstić information content (AvgIpc) is 2.79. The zero-order chi connectivity index (χ0) is 15.7. The molecule has 1 saturated heterocycles. The van der Waals surface area contributed by atoms with Gasteiger partial charge in [-0.3, -0.25) is 14.4 Å². The number of fused-ring (bicyclic) bond motifs is 1. The molecule has 0 radical (unpaired) electrons. The van der Waals surface area contributed by atoms with Gasteiger partial charge in [-0.1, -0.05) is 25.8 Å². The number of amides is 2. The molecule has 2 fully saturated rings. The van der Waals surface area contributed by atoms with Gasteiger partial charge in [0.2, 0.25) is 11.8 Å². The van der Waals surface area contributed by atoms with E-state index in [0.717, 1.165) is 25.7 Å². The molecule has 0 aromatic heterocycles. The summed E-state index contributed by atoms with van der Waals surface area (Å²) in [5, 5.41) is 0. The van der Waals surface area contributed by atoms with Gasteiger partial charge >= 0.3 is 5.97 Å². The molecule has 2 aliphatic rings. The van der Waals surface area contributed by atoms with Crippen molar-refractivity contribution in [2.24, 2.45) is 11.8 Å². The van der Waals surface area contributed by atoms with Crippen LogP contribution in [0.4, 0.5) is 5.69 Å². The fourth-order valence-electron chi connectivity index (χ4n) is 3.31. The van der Waals surface area contributed by atoms with E-state index in [1.165, 1.54) is 4.90 Å². The van der Waals surface area contributed by atoms with E-state index in [2.05, 4.69) is 0 Å². The summed E-state index contributed by atoms with van der Waals surface area (Å²) in [7, 11) is 0. The SMILES string of the molecule is CCC(=O)Oc1cccc(N2C(=O)[C@@H]3CCCC[C@H]3C2=O)c1. The summed E-state index contributed by atoms with van der Waals surface area (Å²) in [6, 6.07) is 6.63. The number of hydrogen-bond acceptors (Lipinski definition) is 4. The van der Waals surface area contributed by atoms with E-state index in [0.29, 0.717) is 11.4 Å². The molecule has 0 bridgehead atoms. The minimum Gasteiger partial charge on any atom is -0.426 e. The van der Waals surface area contributed by atoms with Crippen molar-refractivity contribution in [1.29, 1.82) is 0 Å². The second-order valence-electron chi connectivity index (χ2n) is 5.83. The van der Waals surface area contributed by atoms with Gasteiger partial charge in [0, 0.05) is 12.5 Å². The predicted octanol–water partition coefficient (Wildman–Crippen LogP) is 2.68. The first-order chi connectivity index (χ1) is 10.6. The molecule has 1 heterocycles. The molecule has 5 heteroatoms. The lowest BCUT2D eigenvalue weighted by atomic mass is 9.81. The normalized spacial score (nSPS) is 24.3. The van der Waals surface area contributed by atoms with Gasteiger partial charge in [0.05, 0.1) is 17.5 Å². The number of imide groups is 1. The van der Waals surface area contributed by atoms with Crippen LogP contribution in [0.1, 0.15) is 39.0 Å². The van der Waals surface area contributed by atoms with Crippen molar-refractivity contribution in [2.45, 2.75) is 39.0 Å². The molecule has 1 aromatic rings. The Kier molecular flexibility index (Phi) is 3.96. The molecule has 0 spiro atoms. The van der Waals surface area contributed by atoms with E-state index >= 15 is 0 Å². The quantitative estimate of drug-likeness (QED) is 0.489. The standard InChI is InChI=1S/C17H19NO4/c1-2-15(19)22-12-7-5-6-11(10-12)18-16(20)13-8-3-4-9-14(13)17(18)21/h5-7,10,13-14H,2-4,8-9H2,1H3/t13-,14-/m1/s1. The fourth-order valence-corrected chi connectivity index (χ4v) is 3.31. The largest absolute Gasteiger partial charge is 0.426 e. The zero-order valence-electron chi connectivity index (χ0n) is 12.6. The number of benzene rings is 1. The maximum atomic E-state index is 12.5. The second-order valence-corrected chi connectivity index (χ2v) is 5.83. The van der Waals surface area contributed by atoms with Crippen molar-refractivity contribution in [3.63, 3.8) is 0 Å². The molecule has 1 saturated carbocycles. The van der Waals surface area contributed by atoms with Gasteiger partial charge in [0.1, 0.15) is 5.75 Å². The summed E-state index contributed by atoms with van der Waals surface area (Å²) >= 11 is 0. The lowest BCUT2D eigenvalue weighted by Gasteiger charge is -2.19. The predicted molar refractivity (Wildman–Crippen MR) is 80.3 cm³/mol. The van der Waals surface area contributed by atoms with Gasteiger partial charge in [0.15, 0.2) is 0 Å². The summed E-state index contributed by atoms with van der Waals surface area (Å²) in [4.78, 5) is 37.7. The first kappa shape index (κ1) is 14.8. The Hall–Kier alpha value is -2.17. The third-order valence-electron chi connectivity index (χ3n) is 4.44. The molecule has 2 amide bonds. The van der Waals surface area contributed by atoms with Gasteiger partial charge < -0.3 is 4.74 Å². The van der Waals surface area contributed by atoms with Crippen LogP contribution in [0.15, 0.2) is 24.3 Å². The van der Waals surface area contributed by atoms with Crippen LogP contribution < -0.4 is 9.64 Å². The van der Waals surface area contributed by atoms with Crippen molar-refractivity contribution in [3.05, 3.63) is 24.3 Å². The molecule has 116 valence electrons. The topological polar surface area (TPSA) is 63.7 Å². The van der Waals surface area contributed by atoms with Gasteiger partial charge in [-0.05, 0) is 25.0 Å². The average molecular weight is 301 g/mol. The Balaban J connectivity index is 1.87. The molecule has 3 rings (SSSR count). The van der Waals surface area contributed by atoms with E-state index in [4.69, 9.17) is 4.74 Å². The van der Waals surface area contributed by atoms with Gasteiger partial charge in [-0.25, -0.2) is 4.90 Å². The van der Waals surface area contributed by atoms with Crippen LogP contribution in [0.3, 0.4) is 0 Å². The van der Waals surface area contributed by atoms with Crippen LogP contribution >= 0.6 is 0 Å². The first-order valence-corrected chi connectivity index (χ1v) is 7.80. The summed E-state index contributed by atoms with van der Waals surface area (Å²) in [6.45, 7) is 1.71. The third-order valence-corrected chi connectivity index (χ3v) is 4.44. The molecular weight excluding hydrogens is 282 g/mol.